The van der Waals surface area contributed by atoms with Crippen LogP contribution in [0.2, 0.25) is 5.02 Å². The van der Waals surface area contributed by atoms with Crippen LogP contribution in [0.25, 0.3) is 0 Å². The third-order valence-corrected chi connectivity index (χ3v) is 5.69. The first kappa shape index (κ1) is 17.7. The van der Waals surface area contributed by atoms with Crippen molar-refractivity contribution in [1.29, 1.82) is 0 Å². The van der Waals surface area contributed by atoms with E-state index in [0.29, 0.717) is 17.0 Å². The monoisotopic (exact) mass is 359 g/mol. The maximum atomic E-state index is 12.0. The molecule has 23 heavy (non-hydrogen) atoms. The lowest BCUT2D eigenvalue weighted by Crippen LogP contribution is -2.42. The Kier molecular flexibility index (Phi) is 5.64. The first-order chi connectivity index (χ1) is 10.8. The molecule has 1 fully saturated rings. The average molecular weight is 360 g/mol. The van der Waals surface area contributed by atoms with Gasteiger partial charge in [-0.1, -0.05) is 29.8 Å². The van der Waals surface area contributed by atoms with Crippen molar-refractivity contribution in [2.24, 2.45) is 0 Å². The highest BCUT2D eigenvalue weighted by Gasteiger charge is 2.30. The van der Waals surface area contributed by atoms with Crippen LogP contribution in [0, 0.1) is 0 Å². The smallest absolute Gasteiger partial charge is 0.311 e. The Balaban J connectivity index is 1.84. The number of carbonyl (C=O) groups excluding carboxylic acids is 2. The molecular formula is C15H18ClNO5S. The Morgan fingerprint density at radius 3 is 2.70 bits per heavy atom. The highest BCUT2D eigenvalue weighted by molar-refractivity contribution is 7.91. The molecule has 0 spiro atoms. The molecule has 0 aliphatic carbocycles. The molecule has 1 aromatic carbocycles. The number of nitrogens with one attached hydrogen (secondary N) is 1. The topological polar surface area (TPSA) is 89.5 Å². The highest BCUT2D eigenvalue weighted by atomic mass is 35.5. The van der Waals surface area contributed by atoms with Crippen LogP contribution in [0.3, 0.4) is 0 Å². The lowest BCUT2D eigenvalue weighted by atomic mass is 10.1. The van der Waals surface area contributed by atoms with Crippen molar-refractivity contribution >= 4 is 33.3 Å². The number of hydrogen-bond donors (Lipinski definition) is 1. The third kappa shape index (κ3) is 5.21. The van der Waals surface area contributed by atoms with Gasteiger partial charge in [0.2, 0.25) is 0 Å². The minimum Gasteiger partial charge on any atom is -0.452 e. The van der Waals surface area contributed by atoms with E-state index in [0.717, 1.165) is 0 Å². The first-order valence-electron chi connectivity index (χ1n) is 7.20. The molecule has 2 rings (SSSR count). The van der Waals surface area contributed by atoms with E-state index in [1.165, 1.54) is 6.92 Å². The molecule has 1 saturated heterocycles. The predicted octanol–water partition coefficient (Wildman–Crippen LogP) is 1.12. The highest BCUT2D eigenvalue weighted by Crippen LogP contribution is 2.16. The average Bonchev–Trinajstić information content (AvgIpc) is 2.80. The summed E-state index contributed by atoms with van der Waals surface area (Å²) in [4.78, 5) is 23.8. The molecule has 0 aromatic heterocycles. The summed E-state index contributed by atoms with van der Waals surface area (Å²) < 4.78 is 27.8. The van der Waals surface area contributed by atoms with E-state index >= 15 is 0 Å². The summed E-state index contributed by atoms with van der Waals surface area (Å²) in [5.74, 6) is -1.07. The molecule has 1 N–H and O–H groups in total. The third-order valence-electron chi connectivity index (χ3n) is 3.55. The fraction of sp³-hybridized carbons (Fsp3) is 0.467. The second-order valence-electron chi connectivity index (χ2n) is 5.51. The fourth-order valence-electron chi connectivity index (χ4n) is 2.32. The predicted molar refractivity (Wildman–Crippen MR) is 85.9 cm³/mol. The normalized spacial score (nSPS) is 20.7. The summed E-state index contributed by atoms with van der Waals surface area (Å²) in [5.41, 5.74) is 0.619. The maximum absolute atomic E-state index is 12.0. The van der Waals surface area contributed by atoms with Gasteiger partial charge < -0.3 is 10.1 Å². The van der Waals surface area contributed by atoms with E-state index in [1.54, 1.807) is 24.3 Å². The van der Waals surface area contributed by atoms with E-state index < -0.39 is 33.9 Å². The van der Waals surface area contributed by atoms with Crippen LogP contribution in [-0.2, 0) is 30.6 Å². The minimum atomic E-state index is -3.07. The van der Waals surface area contributed by atoms with Crippen molar-refractivity contribution in [3.63, 3.8) is 0 Å². The molecule has 126 valence electrons. The molecule has 1 amide bonds. The lowest BCUT2D eigenvalue weighted by Gasteiger charge is -2.16. The number of esters is 1. The fourth-order valence-corrected chi connectivity index (χ4v) is 4.19. The lowest BCUT2D eigenvalue weighted by molar-refractivity contribution is -0.154. The summed E-state index contributed by atoms with van der Waals surface area (Å²) in [5, 5.41) is 3.05. The Labute approximate surface area is 140 Å². The van der Waals surface area contributed by atoms with E-state index in [2.05, 4.69) is 5.32 Å². The van der Waals surface area contributed by atoms with E-state index in [-0.39, 0.29) is 17.9 Å². The zero-order valence-electron chi connectivity index (χ0n) is 12.6. The molecule has 1 aliphatic heterocycles. The molecule has 0 unspecified atom stereocenters. The quantitative estimate of drug-likeness (QED) is 0.796. The molecule has 0 bridgehead atoms. The second-order valence-corrected chi connectivity index (χ2v) is 8.14. The summed E-state index contributed by atoms with van der Waals surface area (Å²) in [7, 11) is -3.07. The number of ether oxygens (including phenoxy) is 1. The van der Waals surface area contributed by atoms with Crippen LogP contribution in [0.4, 0.5) is 0 Å². The molecule has 1 aliphatic rings. The summed E-state index contributed by atoms with van der Waals surface area (Å²) in [6.45, 7) is 1.45. The number of hydrogen-bond acceptors (Lipinski definition) is 5. The number of benzene rings is 1. The Morgan fingerprint density at radius 2 is 2.09 bits per heavy atom. The molecule has 0 saturated carbocycles. The number of carbonyl (C=O) groups is 2. The SMILES string of the molecule is C[C@H](OC(=O)Cc1ccccc1Cl)C(=O)N[C@H]1CCS(=O)(=O)C1. The maximum Gasteiger partial charge on any atom is 0.311 e. The van der Waals surface area contributed by atoms with Crippen LogP contribution in [0.15, 0.2) is 24.3 Å². The van der Waals surface area contributed by atoms with Gasteiger partial charge in [-0.3, -0.25) is 9.59 Å². The van der Waals surface area contributed by atoms with Gasteiger partial charge in [0, 0.05) is 11.1 Å². The summed E-state index contributed by atoms with van der Waals surface area (Å²) in [6, 6.07) is 6.46. The van der Waals surface area contributed by atoms with Crippen molar-refractivity contribution in [2.75, 3.05) is 11.5 Å². The summed E-state index contributed by atoms with van der Waals surface area (Å²) >= 11 is 5.96. The minimum absolute atomic E-state index is 0.0326. The summed E-state index contributed by atoms with van der Waals surface area (Å²) in [6.07, 6.45) is -0.642. The standard InChI is InChI=1S/C15H18ClNO5S/c1-10(15(19)17-12-6-7-23(20,21)9-12)22-14(18)8-11-4-2-3-5-13(11)16/h2-5,10,12H,6-9H2,1H3,(H,17,19)/t10-,12-/m0/s1. The van der Waals surface area contributed by atoms with Crippen LogP contribution in [0.5, 0.6) is 0 Å². The van der Waals surface area contributed by atoms with E-state index in [9.17, 15) is 18.0 Å². The number of sulfone groups is 1. The van der Waals surface area contributed by atoms with Crippen molar-refractivity contribution in [1.82, 2.24) is 5.32 Å². The van der Waals surface area contributed by atoms with Gasteiger partial charge >= 0.3 is 5.97 Å². The zero-order chi connectivity index (χ0) is 17.0. The molecule has 6 nitrogen and oxygen atoms in total. The van der Waals surface area contributed by atoms with Gasteiger partial charge in [0.25, 0.3) is 5.91 Å². The molecule has 0 radical (unpaired) electrons. The van der Waals surface area contributed by atoms with Crippen LogP contribution in [-0.4, -0.2) is 43.9 Å². The van der Waals surface area contributed by atoms with Gasteiger partial charge in [-0.05, 0) is 25.0 Å². The van der Waals surface area contributed by atoms with Gasteiger partial charge in [0.15, 0.2) is 15.9 Å². The molecule has 1 heterocycles. The molecule has 2 atom stereocenters. The van der Waals surface area contributed by atoms with Gasteiger partial charge in [0.1, 0.15) is 0 Å². The number of halogens is 1. The Morgan fingerprint density at radius 1 is 1.39 bits per heavy atom. The number of rotatable bonds is 5. The largest absolute Gasteiger partial charge is 0.452 e. The van der Waals surface area contributed by atoms with Crippen molar-refractivity contribution < 1.29 is 22.7 Å². The second kappa shape index (κ2) is 7.31. The van der Waals surface area contributed by atoms with Crippen molar-refractivity contribution in [3.05, 3.63) is 34.9 Å². The number of amides is 1. The van der Waals surface area contributed by atoms with Gasteiger partial charge in [-0.25, -0.2) is 8.42 Å². The van der Waals surface area contributed by atoms with E-state index in [1.807, 2.05) is 0 Å². The van der Waals surface area contributed by atoms with Gasteiger partial charge in [-0.2, -0.15) is 0 Å². The van der Waals surface area contributed by atoms with Crippen molar-refractivity contribution in [2.45, 2.75) is 31.9 Å². The molecule has 8 heteroatoms. The zero-order valence-corrected chi connectivity index (χ0v) is 14.2. The van der Waals surface area contributed by atoms with Crippen LogP contribution >= 0.6 is 11.6 Å². The first-order valence-corrected chi connectivity index (χ1v) is 9.40. The van der Waals surface area contributed by atoms with Crippen LogP contribution < -0.4 is 5.32 Å². The molecule has 1 aromatic rings. The van der Waals surface area contributed by atoms with E-state index in [4.69, 9.17) is 16.3 Å². The van der Waals surface area contributed by atoms with Gasteiger partial charge in [-0.15, -0.1) is 0 Å². The van der Waals surface area contributed by atoms with Crippen LogP contribution in [0.1, 0.15) is 18.9 Å². The van der Waals surface area contributed by atoms with Crippen molar-refractivity contribution in [3.8, 4) is 0 Å². The van der Waals surface area contributed by atoms with Gasteiger partial charge in [0.05, 0.1) is 17.9 Å². The Hall–Kier alpha value is -1.60. The molecular weight excluding hydrogens is 342 g/mol. The Bertz CT molecular complexity index is 704.